The first-order chi connectivity index (χ1) is 9.40. The largest absolute Gasteiger partial charge is 0.481 e. The fourth-order valence-corrected chi connectivity index (χ4v) is 1.68. The van der Waals surface area contributed by atoms with Gasteiger partial charge in [0.15, 0.2) is 5.78 Å². The van der Waals surface area contributed by atoms with Crippen molar-refractivity contribution in [1.82, 2.24) is 5.32 Å². The molecule has 0 fully saturated rings. The first-order valence-corrected chi connectivity index (χ1v) is 6.18. The number of hydrogen-bond acceptors (Lipinski definition) is 3. The van der Waals surface area contributed by atoms with Gasteiger partial charge in [0.1, 0.15) is 5.82 Å². The molecule has 0 spiro atoms. The maximum atomic E-state index is 13.0. The number of aliphatic carboxylic acids is 1. The van der Waals surface area contributed by atoms with Crippen molar-refractivity contribution in [3.05, 3.63) is 35.6 Å². The Bertz CT molecular complexity index is 516. The van der Waals surface area contributed by atoms with Gasteiger partial charge in [-0.05, 0) is 12.1 Å². The van der Waals surface area contributed by atoms with Crippen molar-refractivity contribution in [2.75, 3.05) is 6.54 Å². The van der Waals surface area contributed by atoms with Crippen LogP contribution in [0.15, 0.2) is 24.3 Å². The summed E-state index contributed by atoms with van der Waals surface area (Å²) in [6.45, 7) is 1.60. The molecule has 1 amide bonds. The number of Topliss-reactive ketones (excluding diaryl/α,β-unsaturated/α-hetero) is 1. The zero-order valence-electron chi connectivity index (χ0n) is 11.1. The summed E-state index contributed by atoms with van der Waals surface area (Å²) in [4.78, 5) is 33.8. The SMILES string of the molecule is CC(CC(=O)NCCC(=O)O)C(=O)c1cccc(F)c1. The van der Waals surface area contributed by atoms with E-state index in [1.165, 1.54) is 18.2 Å². The van der Waals surface area contributed by atoms with Crippen molar-refractivity contribution in [2.24, 2.45) is 5.92 Å². The third-order valence-corrected chi connectivity index (χ3v) is 2.71. The van der Waals surface area contributed by atoms with Crippen molar-refractivity contribution in [3.8, 4) is 0 Å². The third-order valence-electron chi connectivity index (χ3n) is 2.71. The Labute approximate surface area is 115 Å². The van der Waals surface area contributed by atoms with E-state index in [9.17, 15) is 18.8 Å². The normalized spacial score (nSPS) is 11.7. The molecule has 20 heavy (non-hydrogen) atoms. The van der Waals surface area contributed by atoms with Crippen molar-refractivity contribution < 1.29 is 23.9 Å². The number of carbonyl (C=O) groups is 3. The predicted octanol–water partition coefficient (Wildman–Crippen LogP) is 1.63. The molecular formula is C14H16FNO4. The van der Waals surface area contributed by atoms with Gasteiger partial charge < -0.3 is 10.4 Å². The van der Waals surface area contributed by atoms with Gasteiger partial charge in [-0.1, -0.05) is 19.1 Å². The molecule has 0 aliphatic heterocycles. The van der Waals surface area contributed by atoms with Crippen LogP contribution in [0.5, 0.6) is 0 Å². The highest BCUT2D eigenvalue weighted by atomic mass is 19.1. The van der Waals surface area contributed by atoms with Crippen LogP contribution in [0.4, 0.5) is 4.39 Å². The number of benzene rings is 1. The summed E-state index contributed by atoms with van der Waals surface area (Å²) in [5.41, 5.74) is 0.218. The van der Waals surface area contributed by atoms with Crippen LogP contribution in [0, 0.1) is 11.7 Å². The molecule has 0 saturated carbocycles. The van der Waals surface area contributed by atoms with Crippen LogP contribution in [0.25, 0.3) is 0 Å². The molecule has 1 unspecified atom stereocenters. The lowest BCUT2D eigenvalue weighted by Gasteiger charge is -2.10. The van der Waals surface area contributed by atoms with Crippen LogP contribution in [-0.2, 0) is 9.59 Å². The second-order valence-electron chi connectivity index (χ2n) is 4.47. The Morgan fingerprint density at radius 2 is 2.05 bits per heavy atom. The van der Waals surface area contributed by atoms with Gasteiger partial charge in [0.25, 0.3) is 0 Å². The second-order valence-corrected chi connectivity index (χ2v) is 4.47. The Kier molecular flexibility index (Phi) is 5.83. The number of hydrogen-bond donors (Lipinski definition) is 2. The minimum absolute atomic E-state index is 0.0229. The molecule has 0 aliphatic carbocycles. The van der Waals surface area contributed by atoms with Crippen molar-refractivity contribution in [3.63, 3.8) is 0 Å². The molecule has 0 aliphatic rings. The van der Waals surface area contributed by atoms with E-state index in [0.717, 1.165) is 6.07 Å². The van der Waals surface area contributed by atoms with E-state index in [0.29, 0.717) is 0 Å². The van der Waals surface area contributed by atoms with Crippen LogP contribution < -0.4 is 5.32 Å². The number of nitrogens with one attached hydrogen (secondary N) is 1. The summed E-state index contributed by atoms with van der Waals surface area (Å²) in [5.74, 6) is -2.83. The lowest BCUT2D eigenvalue weighted by Crippen LogP contribution is -2.29. The van der Waals surface area contributed by atoms with Gasteiger partial charge in [-0.25, -0.2) is 4.39 Å². The third kappa shape index (κ3) is 5.17. The van der Waals surface area contributed by atoms with Crippen LogP contribution in [0.1, 0.15) is 30.1 Å². The van der Waals surface area contributed by atoms with E-state index in [1.54, 1.807) is 6.92 Å². The maximum Gasteiger partial charge on any atom is 0.305 e. The fraction of sp³-hybridized carbons (Fsp3) is 0.357. The molecule has 0 radical (unpaired) electrons. The topological polar surface area (TPSA) is 83.5 Å². The highest BCUT2D eigenvalue weighted by Gasteiger charge is 2.18. The molecule has 108 valence electrons. The number of amides is 1. The molecule has 0 heterocycles. The van der Waals surface area contributed by atoms with Gasteiger partial charge >= 0.3 is 5.97 Å². The van der Waals surface area contributed by atoms with E-state index in [1.807, 2.05) is 0 Å². The van der Waals surface area contributed by atoms with Gasteiger partial charge in [0.2, 0.25) is 5.91 Å². The lowest BCUT2D eigenvalue weighted by atomic mass is 9.96. The average molecular weight is 281 g/mol. The number of rotatable bonds is 7. The van der Waals surface area contributed by atoms with E-state index in [4.69, 9.17) is 5.11 Å². The van der Waals surface area contributed by atoms with Gasteiger partial charge in [-0.2, -0.15) is 0 Å². The second kappa shape index (κ2) is 7.37. The molecule has 6 heteroatoms. The fourth-order valence-electron chi connectivity index (χ4n) is 1.68. The van der Waals surface area contributed by atoms with Gasteiger partial charge in [0.05, 0.1) is 6.42 Å². The van der Waals surface area contributed by atoms with Crippen molar-refractivity contribution >= 4 is 17.7 Å². The lowest BCUT2D eigenvalue weighted by molar-refractivity contribution is -0.136. The molecule has 0 aromatic heterocycles. The van der Waals surface area contributed by atoms with E-state index >= 15 is 0 Å². The van der Waals surface area contributed by atoms with Gasteiger partial charge in [-0.15, -0.1) is 0 Å². The van der Waals surface area contributed by atoms with Crippen LogP contribution in [-0.4, -0.2) is 29.3 Å². The Hall–Kier alpha value is -2.24. The van der Waals surface area contributed by atoms with E-state index in [2.05, 4.69) is 5.32 Å². The van der Waals surface area contributed by atoms with Crippen LogP contribution >= 0.6 is 0 Å². The maximum absolute atomic E-state index is 13.0. The summed E-state index contributed by atoms with van der Waals surface area (Å²) in [6.07, 6.45) is -0.229. The average Bonchev–Trinajstić information content (AvgIpc) is 2.37. The molecule has 0 saturated heterocycles. The Balaban J connectivity index is 2.49. The Morgan fingerprint density at radius 3 is 2.65 bits per heavy atom. The zero-order chi connectivity index (χ0) is 15.1. The molecule has 0 bridgehead atoms. The number of ketones is 1. The minimum Gasteiger partial charge on any atom is -0.481 e. The summed E-state index contributed by atoms with van der Waals surface area (Å²) in [5, 5.41) is 10.8. The number of carboxylic acid groups (broad SMARTS) is 1. The predicted molar refractivity (Wildman–Crippen MR) is 69.8 cm³/mol. The molecular weight excluding hydrogens is 265 g/mol. The highest BCUT2D eigenvalue weighted by Crippen LogP contribution is 2.13. The molecule has 1 aromatic rings. The summed E-state index contributed by atoms with van der Waals surface area (Å²) in [6, 6.07) is 5.29. The van der Waals surface area contributed by atoms with Gasteiger partial charge in [0, 0.05) is 24.4 Å². The minimum atomic E-state index is -1.01. The number of carbonyl (C=O) groups excluding carboxylic acids is 2. The highest BCUT2D eigenvalue weighted by molar-refractivity contribution is 5.99. The molecule has 5 nitrogen and oxygen atoms in total. The Morgan fingerprint density at radius 1 is 1.35 bits per heavy atom. The quantitative estimate of drug-likeness (QED) is 0.744. The van der Waals surface area contributed by atoms with Crippen LogP contribution in [0.3, 0.4) is 0 Å². The van der Waals surface area contributed by atoms with Crippen molar-refractivity contribution in [1.29, 1.82) is 0 Å². The molecule has 1 rings (SSSR count). The smallest absolute Gasteiger partial charge is 0.305 e. The zero-order valence-corrected chi connectivity index (χ0v) is 11.1. The van der Waals surface area contributed by atoms with Gasteiger partial charge in [-0.3, -0.25) is 14.4 Å². The van der Waals surface area contributed by atoms with Crippen molar-refractivity contribution in [2.45, 2.75) is 19.8 Å². The van der Waals surface area contributed by atoms with Crippen LogP contribution in [0.2, 0.25) is 0 Å². The van der Waals surface area contributed by atoms with E-state index in [-0.39, 0.29) is 30.7 Å². The molecule has 1 atom stereocenters. The molecule has 1 aromatic carbocycles. The summed E-state index contributed by atoms with van der Waals surface area (Å²) in [7, 11) is 0. The first kappa shape index (κ1) is 15.8. The molecule has 2 N–H and O–H groups in total. The first-order valence-electron chi connectivity index (χ1n) is 6.18. The van der Waals surface area contributed by atoms with E-state index < -0.39 is 23.6 Å². The summed E-state index contributed by atoms with van der Waals surface area (Å²) < 4.78 is 13.0. The monoisotopic (exact) mass is 281 g/mol. The summed E-state index contributed by atoms with van der Waals surface area (Å²) >= 11 is 0. The number of carboxylic acids is 1. The standard InChI is InChI=1S/C14H16FNO4/c1-9(7-12(17)16-6-5-13(18)19)14(20)10-3-2-4-11(15)8-10/h2-4,8-9H,5-7H2,1H3,(H,16,17)(H,18,19). The number of halogens is 1.